The zero-order valence-electron chi connectivity index (χ0n) is 20.4. The number of nitrogens with zero attached hydrogens (tertiary/aromatic N) is 3. The van der Waals surface area contributed by atoms with Crippen LogP contribution in [0.3, 0.4) is 0 Å². The molecule has 1 N–H and O–H groups in total. The van der Waals surface area contributed by atoms with Crippen molar-refractivity contribution in [3.63, 3.8) is 0 Å². The third-order valence-corrected chi connectivity index (χ3v) is 7.68. The summed E-state index contributed by atoms with van der Waals surface area (Å²) in [6.07, 6.45) is 9.13. The number of hydrogen-bond donors (Lipinski definition) is 1. The Labute approximate surface area is 217 Å². The van der Waals surface area contributed by atoms with Gasteiger partial charge in [-0.2, -0.15) is 0 Å². The first kappa shape index (κ1) is 22.8. The molecule has 1 aliphatic heterocycles. The van der Waals surface area contributed by atoms with Gasteiger partial charge in [0.1, 0.15) is 17.5 Å². The SMILES string of the molecule is Cc1ccccc1Oc1ccc(N2C(=S)N[C@@H](c3ccccn3)[C@@H]2c2cccn2C2CCCC2)cc1. The Balaban J connectivity index is 1.36. The Morgan fingerprint density at radius 2 is 1.69 bits per heavy atom. The minimum absolute atomic E-state index is 0.00821. The summed E-state index contributed by atoms with van der Waals surface area (Å²) in [5.74, 6) is 1.67. The van der Waals surface area contributed by atoms with Crippen LogP contribution in [0, 0.1) is 6.92 Å². The maximum Gasteiger partial charge on any atom is 0.174 e. The molecule has 2 fully saturated rings. The molecule has 182 valence electrons. The molecular formula is C30H30N4OS. The summed E-state index contributed by atoms with van der Waals surface area (Å²) in [7, 11) is 0. The smallest absolute Gasteiger partial charge is 0.174 e. The number of hydrogen-bond acceptors (Lipinski definition) is 3. The number of benzene rings is 2. The highest BCUT2D eigenvalue weighted by atomic mass is 32.1. The monoisotopic (exact) mass is 494 g/mol. The van der Waals surface area contributed by atoms with E-state index in [2.05, 4.69) is 64.3 Å². The van der Waals surface area contributed by atoms with Crippen molar-refractivity contribution in [2.75, 3.05) is 4.90 Å². The van der Waals surface area contributed by atoms with Gasteiger partial charge in [-0.25, -0.2) is 0 Å². The van der Waals surface area contributed by atoms with Gasteiger partial charge in [0.25, 0.3) is 0 Å². The Morgan fingerprint density at radius 1 is 0.917 bits per heavy atom. The number of aryl methyl sites for hydroxylation is 1. The molecule has 2 atom stereocenters. The molecule has 36 heavy (non-hydrogen) atoms. The molecule has 4 aromatic rings. The van der Waals surface area contributed by atoms with Gasteiger partial charge in [-0.1, -0.05) is 37.1 Å². The van der Waals surface area contributed by atoms with Crippen molar-refractivity contribution in [2.45, 2.75) is 50.7 Å². The van der Waals surface area contributed by atoms with Crippen molar-refractivity contribution in [1.82, 2.24) is 14.9 Å². The average molecular weight is 495 g/mol. The molecule has 5 nitrogen and oxygen atoms in total. The Bertz CT molecular complexity index is 1340. The molecule has 3 heterocycles. The maximum atomic E-state index is 6.15. The second-order valence-corrected chi connectivity index (χ2v) is 10.0. The highest BCUT2D eigenvalue weighted by Crippen LogP contribution is 2.44. The van der Waals surface area contributed by atoms with Gasteiger partial charge in [-0.3, -0.25) is 4.98 Å². The Kier molecular flexibility index (Phi) is 6.20. The van der Waals surface area contributed by atoms with Gasteiger partial charge in [0.05, 0.1) is 11.7 Å². The van der Waals surface area contributed by atoms with Crippen LogP contribution in [0.2, 0.25) is 0 Å². The zero-order valence-corrected chi connectivity index (χ0v) is 21.2. The Hall–Kier alpha value is -3.64. The quantitative estimate of drug-likeness (QED) is 0.285. The van der Waals surface area contributed by atoms with Gasteiger partial charge in [-0.15, -0.1) is 0 Å². The van der Waals surface area contributed by atoms with Crippen molar-refractivity contribution in [3.8, 4) is 11.5 Å². The van der Waals surface area contributed by atoms with E-state index in [-0.39, 0.29) is 12.1 Å². The van der Waals surface area contributed by atoms with E-state index in [4.69, 9.17) is 21.9 Å². The van der Waals surface area contributed by atoms with Crippen molar-refractivity contribution in [2.24, 2.45) is 0 Å². The van der Waals surface area contributed by atoms with Crippen LogP contribution in [0.1, 0.15) is 60.8 Å². The fourth-order valence-electron chi connectivity index (χ4n) is 5.58. The van der Waals surface area contributed by atoms with Gasteiger partial charge >= 0.3 is 0 Å². The third kappa shape index (κ3) is 4.26. The predicted molar refractivity (Wildman–Crippen MR) is 148 cm³/mol. The van der Waals surface area contributed by atoms with Gasteiger partial charge in [0, 0.05) is 29.8 Å². The normalized spacial score (nSPS) is 20.0. The molecule has 2 aromatic heterocycles. The predicted octanol–water partition coefficient (Wildman–Crippen LogP) is 7.28. The van der Waals surface area contributed by atoms with Gasteiger partial charge in [-0.05, 0) is 92.1 Å². The van der Waals surface area contributed by atoms with Crippen LogP contribution < -0.4 is 15.0 Å². The first-order valence-corrected chi connectivity index (χ1v) is 13.1. The Morgan fingerprint density at radius 3 is 2.44 bits per heavy atom. The summed E-state index contributed by atoms with van der Waals surface area (Å²) in [4.78, 5) is 6.94. The molecule has 1 saturated carbocycles. The number of aromatic nitrogens is 2. The van der Waals surface area contributed by atoms with Crippen LogP contribution in [0.4, 0.5) is 5.69 Å². The summed E-state index contributed by atoms with van der Waals surface area (Å²) in [6, 6.07) is 27.3. The second kappa shape index (κ2) is 9.78. The van der Waals surface area contributed by atoms with Gasteiger partial charge in [0.15, 0.2) is 5.11 Å². The molecule has 6 rings (SSSR count). The van der Waals surface area contributed by atoms with Crippen LogP contribution in [-0.2, 0) is 0 Å². The molecule has 1 saturated heterocycles. The molecule has 0 bridgehead atoms. The number of thiocarbonyl (C=S) groups is 1. The lowest BCUT2D eigenvalue weighted by molar-refractivity contribution is 0.461. The number of pyridine rings is 1. The van der Waals surface area contributed by atoms with E-state index in [0.717, 1.165) is 28.4 Å². The number of rotatable bonds is 6. The summed E-state index contributed by atoms with van der Waals surface area (Å²) >= 11 is 5.93. The topological polar surface area (TPSA) is 42.3 Å². The van der Waals surface area contributed by atoms with E-state index in [9.17, 15) is 0 Å². The van der Waals surface area contributed by atoms with Crippen molar-refractivity contribution in [1.29, 1.82) is 0 Å². The zero-order chi connectivity index (χ0) is 24.5. The second-order valence-electron chi connectivity index (χ2n) is 9.64. The fraction of sp³-hybridized carbons (Fsp3) is 0.267. The first-order chi connectivity index (χ1) is 17.7. The lowest BCUT2D eigenvalue weighted by Gasteiger charge is -2.30. The van der Waals surface area contributed by atoms with E-state index in [1.807, 2.05) is 48.7 Å². The fourth-order valence-corrected chi connectivity index (χ4v) is 5.92. The van der Waals surface area contributed by atoms with E-state index >= 15 is 0 Å². The van der Waals surface area contributed by atoms with Crippen LogP contribution in [0.5, 0.6) is 11.5 Å². The molecule has 1 aliphatic carbocycles. The average Bonchev–Trinajstić information content (AvgIpc) is 3.66. The van der Waals surface area contributed by atoms with E-state index < -0.39 is 0 Å². The molecular weight excluding hydrogens is 464 g/mol. The molecule has 2 aliphatic rings. The minimum atomic E-state index is -0.0448. The molecule has 0 radical (unpaired) electrons. The molecule has 2 aromatic carbocycles. The van der Waals surface area contributed by atoms with Crippen LogP contribution >= 0.6 is 12.2 Å². The highest BCUT2D eigenvalue weighted by molar-refractivity contribution is 7.80. The van der Waals surface area contributed by atoms with Crippen molar-refractivity contribution >= 4 is 23.0 Å². The van der Waals surface area contributed by atoms with E-state index in [0.29, 0.717) is 11.2 Å². The lowest BCUT2D eigenvalue weighted by Crippen LogP contribution is -2.30. The molecule has 0 spiro atoms. The van der Waals surface area contributed by atoms with E-state index in [1.54, 1.807) is 0 Å². The van der Waals surface area contributed by atoms with Crippen molar-refractivity contribution < 1.29 is 4.74 Å². The van der Waals surface area contributed by atoms with Crippen LogP contribution in [0.15, 0.2) is 91.3 Å². The van der Waals surface area contributed by atoms with E-state index in [1.165, 1.54) is 31.4 Å². The lowest BCUT2D eigenvalue weighted by atomic mass is 10.00. The number of anilines is 1. The summed E-state index contributed by atoms with van der Waals surface area (Å²) in [5.41, 5.74) is 4.40. The molecule has 6 heteroatoms. The molecule has 0 amide bonds. The summed E-state index contributed by atoms with van der Waals surface area (Å²) in [5, 5.41) is 4.30. The van der Waals surface area contributed by atoms with Crippen LogP contribution in [-0.4, -0.2) is 14.7 Å². The highest BCUT2D eigenvalue weighted by Gasteiger charge is 2.42. The first-order valence-electron chi connectivity index (χ1n) is 12.7. The largest absolute Gasteiger partial charge is 0.457 e. The standard InChI is InChI=1S/C30H30N4OS/c1-21-9-2-5-14-27(21)35-24-17-15-23(16-18-24)34-29(26-13-8-20-33(26)22-10-3-4-11-22)28(32-30(34)36)25-12-6-7-19-31-25/h2,5-9,12-20,22,28-29H,3-4,10-11H2,1H3,(H,32,36)/t28-,29-/m0/s1. The van der Waals surface area contributed by atoms with Gasteiger partial charge < -0.3 is 19.5 Å². The van der Waals surface area contributed by atoms with Crippen molar-refractivity contribution in [3.05, 3.63) is 108 Å². The third-order valence-electron chi connectivity index (χ3n) is 7.37. The minimum Gasteiger partial charge on any atom is -0.457 e. The number of para-hydroxylation sites is 1. The summed E-state index contributed by atoms with van der Waals surface area (Å²) in [6.45, 7) is 2.06. The maximum absolute atomic E-state index is 6.15. The number of ether oxygens (including phenoxy) is 1. The van der Waals surface area contributed by atoms with Crippen LogP contribution in [0.25, 0.3) is 0 Å². The summed E-state index contributed by atoms with van der Waals surface area (Å²) < 4.78 is 8.63. The molecule has 0 unspecified atom stereocenters. The number of nitrogens with one attached hydrogen (secondary N) is 1. The van der Waals surface area contributed by atoms with Gasteiger partial charge in [0.2, 0.25) is 0 Å².